The molecule has 0 aliphatic carbocycles. The van der Waals surface area contributed by atoms with Gasteiger partial charge in [-0.25, -0.2) is 4.98 Å². The van der Waals surface area contributed by atoms with E-state index in [-0.39, 0.29) is 0 Å². The Morgan fingerprint density at radius 1 is 1.17 bits per heavy atom. The van der Waals surface area contributed by atoms with E-state index in [2.05, 4.69) is 45.7 Å². The van der Waals surface area contributed by atoms with E-state index in [1.165, 1.54) is 37.3 Å². The molecule has 3 saturated heterocycles. The quantitative estimate of drug-likeness (QED) is 0.842. The van der Waals surface area contributed by atoms with E-state index in [0.29, 0.717) is 6.04 Å². The average Bonchev–Trinajstić information content (AvgIpc) is 2.75. The minimum absolute atomic E-state index is 0.675. The van der Waals surface area contributed by atoms with Gasteiger partial charge in [0.1, 0.15) is 5.82 Å². The SMILES string of the molecule is COCCN1C[C@H]2CC[C@@H]1CN(Cc1nc3ccccc3n1C)C2. The largest absolute Gasteiger partial charge is 0.383 e. The number of methoxy groups -OCH3 is 1. The molecule has 5 nitrogen and oxygen atoms in total. The lowest BCUT2D eigenvalue weighted by atomic mass is 9.95. The molecule has 2 aromatic rings. The van der Waals surface area contributed by atoms with Crippen molar-refractivity contribution in [2.24, 2.45) is 13.0 Å². The molecule has 4 heterocycles. The van der Waals surface area contributed by atoms with Crippen molar-refractivity contribution in [1.29, 1.82) is 0 Å². The summed E-state index contributed by atoms with van der Waals surface area (Å²) >= 11 is 0. The lowest BCUT2D eigenvalue weighted by Gasteiger charge is -2.35. The first-order valence-electron chi connectivity index (χ1n) is 9.10. The van der Waals surface area contributed by atoms with Crippen LogP contribution in [0.5, 0.6) is 0 Å². The Labute approximate surface area is 144 Å². The van der Waals surface area contributed by atoms with E-state index in [1.807, 2.05) is 0 Å². The van der Waals surface area contributed by atoms with Gasteiger partial charge in [0.15, 0.2) is 0 Å². The maximum Gasteiger partial charge on any atom is 0.123 e. The molecule has 5 rings (SSSR count). The van der Waals surface area contributed by atoms with Crippen molar-refractivity contribution in [3.63, 3.8) is 0 Å². The van der Waals surface area contributed by atoms with Gasteiger partial charge in [0.25, 0.3) is 0 Å². The van der Waals surface area contributed by atoms with Crippen molar-refractivity contribution in [1.82, 2.24) is 19.4 Å². The zero-order valence-electron chi connectivity index (χ0n) is 14.8. The van der Waals surface area contributed by atoms with Gasteiger partial charge in [-0.05, 0) is 30.9 Å². The smallest absolute Gasteiger partial charge is 0.123 e. The van der Waals surface area contributed by atoms with Crippen LogP contribution in [-0.2, 0) is 18.3 Å². The summed E-state index contributed by atoms with van der Waals surface area (Å²) in [5.41, 5.74) is 2.33. The fourth-order valence-corrected chi connectivity index (χ4v) is 4.42. The van der Waals surface area contributed by atoms with E-state index < -0.39 is 0 Å². The minimum atomic E-state index is 0.675. The van der Waals surface area contributed by atoms with Gasteiger partial charge in [-0.3, -0.25) is 9.80 Å². The van der Waals surface area contributed by atoms with Crippen molar-refractivity contribution < 1.29 is 4.74 Å². The molecule has 0 saturated carbocycles. The minimum Gasteiger partial charge on any atom is -0.383 e. The summed E-state index contributed by atoms with van der Waals surface area (Å²) in [6.45, 7) is 6.45. The summed E-state index contributed by atoms with van der Waals surface area (Å²) in [5.74, 6) is 1.97. The van der Waals surface area contributed by atoms with Gasteiger partial charge in [0.2, 0.25) is 0 Å². The summed E-state index contributed by atoms with van der Waals surface area (Å²) in [6.07, 6.45) is 2.70. The Morgan fingerprint density at radius 2 is 2.04 bits per heavy atom. The van der Waals surface area contributed by atoms with Gasteiger partial charge < -0.3 is 9.30 Å². The van der Waals surface area contributed by atoms with Crippen LogP contribution < -0.4 is 0 Å². The monoisotopic (exact) mass is 328 g/mol. The number of aromatic nitrogens is 2. The van der Waals surface area contributed by atoms with Crippen LogP contribution in [0, 0.1) is 5.92 Å². The number of hydrogen-bond donors (Lipinski definition) is 0. The van der Waals surface area contributed by atoms with Gasteiger partial charge in [-0.1, -0.05) is 12.1 Å². The number of fused-ring (bicyclic) bond motifs is 5. The summed E-state index contributed by atoms with van der Waals surface area (Å²) in [4.78, 5) is 10.1. The number of hydrogen-bond acceptors (Lipinski definition) is 4. The zero-order valence-corrected chi connectivity index (χ0v) is 14.8. The molecule has 3 fully saturated rings. The summed E-state index contributed by atoms with van der Waals surface area (Å²) in [7, 11) is 3.94. The maximum atomic E-state index is 5.30. The molecule has 0 N–H and O–H groups in total. The van der Waals surface area contributed by atoms with E-state index >= 15 is 0 Å². The van der Waals surface area contributed by atoms with Gasteiger partial charge in [-0.15, -0.1) is 0 Å². The molecule has 3 aliphatic heterocycles. The standard InChI is InChI=1S/C19H28N4O/c1-21-18-6-4-3-5-17(18)20-19(21)14-22-11-15-7-8-16(13-22)23(12-15)9-10-24-2/h3-6,15-16H,7-14H2,1-2H3/t15-,16+/m0/s1. The van der Waals surface area contributed by atoms with Crippen LogP contribution in [0.2, 0.25) is 0 Å². The molecule has 24 heavy (non-hydrogen) atoms. The normalized spacial score (nSPS) is 25.4. The Hall–Kier alpha value is -1.43. The third kappa shape index (κ3) is 3.08. The first-order valence-corrected chi connectivity index (χ1v) is 9.10. The third-order valence-electron chi connectivity index (χ3n) is 5.73. The second-order valence-corrected chi connectivity index (χ2v) is 7.35. The number of imidazole rings is 1. The highest BCUT2D eigenvalue weighted by molar-refractivity contribution is 5.75. The number of ether oxygens (including phenoxy) is 1. The molecular formula is C19H28N4O. The summed E-state index contributed by atoms with van der Waals surface area (Å²) in [6, 6.07) is 9.10. The van der Waals surface area contributed by atoms with E-state index in [4.69, 9.17) is 9.72 Å². The van der Waals surface area contributed by atoms with E-state index in [9.17, 15) is 0 Å². The highest BCUT2D eigenvalue weighted by Crippen LogP contribution is 2.28. The fourth-order valence-electron chi connectivity index (χ4n) is 4.42. The highest BCUT2D eigenvalue weighted by Gasteiger charge is 2.34. The Morgan fingerprint density at radius 3 is 2.88 bits per heavy atom. The van der Waals surface area contributed by atoms with Gasteiger partial charge in [0.05, 0.1) is 24.2 Å². The first kappa shape index (κ1) is 16.1. The number of piperidine rings is 1. The number of benzene rings is 1. The number of aryl methyl sites for hydroxylation is 1. The van der Waals surface area contributed by atoms with Crippen molar-refractivity contribution >= 4 is 11.0 Å². The van der Waals surface area contributed by atoms with Crippen LogP contribution in [-0.4, -0.2) is 65.3 Å². The lowest BCUT2D eigenvalue weighted by molar-refractivity contribution is 0.0866. The molecular weight excluding hydrogens is 300 g/mol. The van der Waals surface area contributed by atoms with Gasteiger partial charge in [0, 0.05) is 46.4 Å². The predicted octanol–water partition coefficient (Wildman–Crippen LogP) is 2.12. The molecule has 1 aromatic carbocycles. The van der Waals surface area contributed by atoms with Crippen molar-refractivity contribution in [2.45, 2.75) is 25.4 Å². The Balaban J connectivity index is 1.49. The second-order valence-electron chi connectivity index (χ2n) is 7.35. The zero-order chi connectivity index (χ0) is 16.5. The van der Waals surface area contributed by atoms with Crippen LogP contribution in [0.1, 0.15) is 18.7 Å². The molecule has 1 aromatic heterocycles. The van der Waals surface area contributed by atoms with Crippen LogP contribution in [0.4, 0.5) is 0 Å². The third-order valence-corrected chi connectivity index (χ3v) is 5.73. The molecule has 2 atom stereocenters. The average molecular weight is 328 g/mol. The lowest BCUT2D eigenvalue weighted by Crippen LogP contribution is -2.45. The van der Waals surface area contributed by atoms with Crippen molar-refractivity contribution in [3.8, 4) is 0 Å². The summed E-state index contributed by atoms with van der Waals surface area (Å²) in [5, 5.41) is 0. The second kappa shape index (κ2) is 6.82. The summed E-state index contributed by atoms with van der Waals surface area (Å²) < 4.78 is 7.55. The topological polar surface area (TPSA) is 33.5 Å². The maximum absolute atomic E-state index is 5.30. The molecule has 130 valence electrons. The van der Waals surface area contributed by atoms with E-state index in [1.54, 1.807) is 7.11 Å². The van der Waals surface area contributed by atoms with E-state index in [0.717, 1.165) is 37.7 Å². The molecule has 0 spiro atoms. The number of nitrogens with zero attached hydrogens (tertiary/aromatic N) is 4. The Bertz CT molecular complexity index is 698. The molecule has 0 unspecified atom stereocenters. The highest BCUT2D eigenvalue weighted by atomic mass is 16.5. The molecule has 5 heteroatoms. The van der Waals surface area contributed by atoms with Crippen molar-refractivity contribution in [3.05, 3.63) is 30.1 Å². The first-order chi connectivity index (χ1) is 11.7. The fraction of sp³-hybridized carbons (Fsp3) is 0.632. The van der Waals surface area contributed by atoms with Crippen LogP contribution in [0.3, 0.4) is 0 Å². The number of para-hydroxylation sites is 2. The molecule has 0 amide bonds. The van der Waals surface area contributed by atoms with Gasteiger partial charge in [-0.2, -0.15) is 0 Å². The van der Waals surface area contributed by atoms with Crippen LogP contribution in [0.15, 0.2) is 24.3 Å². The van der Waals surface area contributed by atoms with Crippen LogP contribution in [0.25, 0.3) is 11.0 Å². The van der Waals surface area contributed by atoms with Crippen molar-refractivity contribution in [2.75, 3.05) is 39.9 Å². The number of rotatable bonds is 5. The Kier molecular flexibility index (Phi) is 4.57. The van der Waals surface area contributed by atoms with Gasteiger partial charge >= 0.3 is 0 Å². The molecule has 3 aliphatic rings. The molecule has 0 radical (unpaired) electrons. The van der Waals surface area contributed by atoms with Crippen LogP contribution >= 0.6 is 0 Å². The predicted molar refractivity (Wildman–Crippen MR) is 96.0 cm³/mol. The molecule has 2 bridgehead atoms.